The average molecular weight is 207 g/mol. The number of phenols is 1. The molecule has 0 bridgehead atoms. The van der Waals surface area contributed by atoms with Gasteiger partial charge in [-0.25, -0.2) is 0 Å². The highest BCUT2D eigenvalue weighted by Gasteiger charge is 2.14. The van der Waals surface area contributed by atoms with Crippen molar-refractivity contribution in [2.24, 2.45) is 0 Å². The summed E-state index contributed by atoms with van der Waals surface area (Å²) < 4.78 is 0. The predicted molar refractivity (Wildman–Crippen MR) is 60.1 cm³/mol. The van der Waals surface area contributed by atoms with Crippen LogP contribution in [-0.4, -0.2) is 29.0 Å². The number of phenolic OH excluding ortho intramolecular Hbond substituents is 1. The molecule has 1 aromatic carbocycles. The lowest BCUT2D eigenvalue weighted by Crippen LogP contribution is -2.30. The number of carbonyl (C=O) groups excluding carboxylic acids is 1. The highest BCUT2D eigenvalue weighted by Crippen LogP contribution is 2.17. The maximum Gasteiger partial charge on any atom is 0.254 e. The summed E-state index contributed by atoms with van der Waals surface area (Å²) in [5.74, 6) is 0.223. The largest absolute Gasteiger partial charge is 0.508 e. The van der Waals surface area contributed by atoms with Crippen LogP contribution < -0.4 is 0 Å². The van der Waals surface area contributed by atoms with E-state index in [-0.39, 0.29) is 11.7 Å². The summed E-state index contributed by atoms with van der Waals surface area (Å²) in [7, 11) is 0. The van der Waals surface area contributed by atoms with Crippen molar-refractivity contribution in [3.63, 3.8) is 0 Å². The molecule has 0 aliphatic carbocycles. The first-order valence-corrected chi connectivity index (χ1v) is 5.19. The van der Waals surface area contributed by atoms with Gasteiger partial charge < -0.3 is 10.0 Å². The zero-order chi connectivity index (χ0) is 11.4. The molecule has 0 aliphatic heterocycles. The molecule has 0 heterocycles. The molecule has 0 atom stereocenters. The van der Waals surface area contributed by atoms with Crippen molar-refractivity contribution < 1.29 is 9.90 Å². The number of rotatable bonds is 3. The topological polar surface area (TPSA) is 40.5 Å². The Morgan fingerprint density at radius 3 is 2.40 bits per heavy atom. The molecule has 3 nitrogen and oxygen atoms in total. The van der Waals surface area contributed by atoms with Crippen LogP contribution in [-0.2, 0) is 0 Å². The maximum absolute atomic E-state index is 12.0. The van der Waals surface area contributed by atoms with Crippen LogP contribution in [0.1, 0.15) is 29.8 Å². The normalized spacial score (nSPS) is 10.1. The highest BCUT2D eigenvalue weighted by molar-refractivity contribution is 5.95. The third kappa shape index (κ3) is 2.49. The van der Waals surface area contributed by atoms with Crippen LogP contribution in [0.4, 0.5) is 0 Å². The number of hydrogen-bond acceptors (Lipinski definition) is 2. The van der Waals surface area contributed by atoms with Gasteiger partial charge in [-0.2, -0.15) is 0 Å². The Kier molecular flexibility index (Phi) is 3.72. The summed E-state index contributed by atoms with van der Waals surface area (Å²) in [5, 5.41) is 9.25. The van der Waals surface area contributed by atoms with Crippen LogP contribution in [0.3, 0.4) is 0 Å². The molecule has 0 unspecified atom stereocenters. The number of hydrogen-bond donors (Lipinski definition) is 1. The lowest BCUT2D eigenvalue weighted by atomic mass is 10.1. The fourth-order valence-electron chi connectivity index (χ4n) is 1.57. The van der Waals surface area contributed by atoms with Gasteiger partial charge in [-0.3, -0.25) is 4.79 Å². The molecule has 82 valence electrons. The van der Waals surface area contributed by atoms with E-state index >= 15 is 0 Å². The molecule has 0 saturated heterocycles. The van der Waals surface area contributed by atoms with Gasteiger partial charge in [-0.1, -0.05) is 0 Å². The average Bonchev–Trinajstić information content (AvgIpc) is 2.19. The Hall–Kier alpha value is -1.51. The van der Waals surface area contributed by atoms with E-state index < -0.39 is 0 Å². The third-order valence-electron chi connectivity index (χ3n) is 2.49. The molecule has 0 saturated carbocycles. The minimum atomic E-state index is 0.0255. The smallest absolute Gasteiger partial charge is 0.254 e. The molecule has 0 aliphatic rings. The number of aryl methyl sites for hydroxylation is 1. The van der Waals surface area contributed by atoms with Crippen molar-refractivity contribution in [3.8, 4) is 5.75 Å². The minimum absolute atomic E-state index is 0.0255. The lowest BCUT2D eigenvalue weighted by Gasteiger charge is -2.19. The molecular weight excluding hydrogens is 190 g/mol. The van der Waals surface area contributed by atoms with Crippen LogP contribution in [0, 0.1) is 6.92 Å². The van der Waals surface area contributed by atoms with E-state index in [1.807, 2.05) is 20.8 Å². The van der Waals surface area contributed by atoms with Crippen molar-refractivity contribution in [1.29, 1.82) is 0 Å². The second-order valence-corrected chi connectivity index (χ2v) is 3.48. The van der Waals surface area contributed by atoms with Crippen LogP contribution in [0.2, 0.25) is 0 Å². The molecule has 1 rings (SSSR count). The fraction of sp³-hybridized carbons (Fsp3) is 0.417. The first-order valence-electron chi connectivity index (χ1n) is 5.19. The Morgan fingerprint density at radius 2 is 1.93 bits per heavy atom. The molecule has 0 radical (unpaired) electrons. The molecule has 1 amide bonds. The third-order valence-corrected chi connectivity index (χ3v) is 2.49. The van der Waals surface area contributed by atoms with E-state index in [1.165, 1.54) is 0 Å². The number of benzene rings is 1. The van der Waals surface area contributed by atoms with Crippen LogP contribution in [0.5, 0.6) is 5.75 Å². The van der Waals surface area contributed by atoms with E-state index in [1.54, 1.807) is 23.1 Å². The Labute approximate surface area is 90.3 Å². The van der Waals surface area contributed by atoms with Crippen LogP contribution >= 0.6 is 0 Å². The van der Waals surface area contributed by atoms with Crippen molar-refractivity contribution in [1.82, 2.24) is 4.90 Å². The molecule has 15 heavy (non-hydrogen) atoms. The molecule has 1 N–H and O–H groups in total. The van der Waals surface area contributed by atoms with Gasteiger partial charge in [-0.15, -0.1) is 0 Å². The standard InChI is InChI=1S/C12H17NO2/c1-4-13(5-2)12(15)11-7-6-10(14)8-9(11)3/h6-8,14H,4-5H2,1-3H3. The van der Waals surface area contributed by atoms with Crippen LogP contribution in [0.25, 0.3) is 0 Å². The zero-order valence-corrected chi connectivity index (χ0v) is 9.45. The van der Waals surface area contributed by atoms with E-state index in [0.717, 1.165) is 5.56 Å². The van der Waals surface area contributed by atoms with E-state index in [2.05, 4.69) is 0 Å². The minimum Gasteiger partial charge on any atom is -0.508 e. The predicted octanol–water partition coefficient (Wildman–Crippen LogP) is 2.18. The van der Waals surface area contributed by atoms with Gasteiger partial charge in [-0.05, 0) is 44.5 Å². The summed E-state index contributed by atoms with van der Waals surface area (Å²) in [4.78, 5) is 13.7. The Balaban J connectivity index is 3.00. The van der Waals surface area contributed by atoms with Crippen molar-refractivity contribution >= 4 is 5.91 Å². The first-order chi connectivity index (χ1) is 7.10. The maximum atomic E-state index is 12.0. The molecule has 0 fully saturated rings. The SMILES string of the molecule is CCN(CC)C(=O)c1ccc(O)cc1C. The summed E-state index contributed by atoms with van der Waals surface area (Å²) in [5.41, 5.74) is 1.48. The van der Waals surface area contributed by atoms with Gasteiger partial charge >= 0.3 is 0 Å². The number of nitrogens with zero attached hydrogens (tertiary/aromatic N) is 1. The monoisotopic (exact) mass is 207 g/mol. The fourth-order valence-corrected chi connectivity index (χ4v) is 1.57. The van der Waals surface area contributed by atoms with E-state index in [4.69, 9.17) is 0 Å². The second-order valence-electron chi connectivity index (χ2n) is 3.48. The molecule has 0 aromatic heterocycles. The van der Waals surface area contributed by atoms with E-state index in [9.17, 15) is 9.90 Å². The summed E-state index contributed by atoms with van der Waals surface area (Å²) in [6.45, 7) is 7.15. The summed E-state index contributed by atoms with van der Waals surface area (Å²) in [6, 6.07) is 4.83. The zero-order valence-electron chi connectivity index (χ0n) is 9.45. The van der Waals surface area contributed by atoms with Gasteiger partial charge in [0.2, 0.25) is 0 Å². The molecule has 1 aromatic rings. The van der Waals surface area contributed by atoms with Gasteiger partial charge in [0.25, 0.3) is 5.91 Å². The van der Waals surface area contributed by atoms with Crippen LogP contribution in [0.15, 0.2) is 18.2 Å². The first kappa shape index (κ1) is 11.6. The van der Waals surface area contributed by atoms with Gasteiger partial charge in [0.15, 0.2) is 0 Å². The summed E-state index contributed by atoms with van der Waals surface area (Å²) in [6.07, 6.45) is 0. The van der Waals surface area contributed by atoms with Crippen molar-refractivity contribution in [2.45, 2.75) is 20.8 Å². The van der Waals surface area contributed by atoms with Crippen molar-refractivity contribution in [2.75, 3.05) is 13.1 Å². The second kappa shape index (κ2) is 4.82. The lowest BCUT2D eigenvalue weighted by molar-refractivity contribution is 0.0772. The summed E-state index contributed by atoms with van der Waals surface area (Å²) >= 11 is 0. The highest BCUT2D eigenvalue weighted by atomic mass is 16.3. The van der Waals surface area contributed by atoms with Gasteiger partial charge in [0.1, 0.15) is 5.75 Å². The van der Waals surface area contributed by atoms with Gasteiger partial charge in [0, 0.05) is 18.7 Å². The molecule has 3 heteroatoms. The number of carbonyl (C=O) groups is 1. The molecule has 0 spiro atoms. The molecular formula is C12H17NO2. The quantitative estimate of drug-likeness (QED) is 0.825. The van der Waals surface area contributed by atoms with Crippen molar-refractivity contribution in [3.05, 3.63) is 29.3 Å². The number of aromatic hydroxyl groups is 1. The van der Waals surface area contributed by atoms with Gasteiger partial charge in [0.05, 0.1) is 0 Å². The van der Waals surface area contributed by atoms with E-state index in [0.29, 0.717) is 18.7 Å². The Morgan fingerprint density at radius 1 is 1.33 bits per heavy atom. The number of amides is 1. The Bertz CT molecular complexity index is 357.